The quantitative estimate of drug-likeness (QED) is 0.168. The molecule has 0 amide bonds. The van der Waals surface area contributed by atoms with Gasteiger partial charge in [-0.15, -0.1) is 0 Å². The lowest BCUT2D eigenvalue weighted by molar-refractivity contribution is 1.16. The van der Waals surface area contributed by atoms with Gasteiger partial charge in [0.05, 0.1) is 33.4 Å². The van der Waals surface area contributed by atoms with E-state index in [2.05, 4.69) is 208 Å². The van der Waals surface area contributed by atoms with Crippen molar-refractivity contribution < 1.29 is 0 Å². The Bertz CT molecular complexity index is 3050. The van der Waals surface area contributed by atoms with Crippen LogP contribution in [0.2, 0.25) is 0 Å². The summed E-state index contributed by atoms with van der Waals surface area (Å²) in [5.74, 6) is 0. The highest BCUT2D eigenvalue weighted by Gasteiger charge is 2.37. The smallest absolute Gasteiger partial charge is 0.0573 e. The summed E-state index contributed by atoms with van der Waals surface area (Å²) in [5, 5.41) is 8.61. The number of fused-ring (bicyclic) bond motifs is 8. The molecular weight excluding hydrogens is 682 g/mol. The van der Waals surface area contributed by atoms with Gasteiger partial charge in [0, 0.05) is 55.3 Å². The summed E-state index contributed by atoms with van der Waals surface area (Å²) in [4.78, 5) is 2.41. The topological polar surface area (TPSA) is 13.1 Å². The molecule has 10 aromatic rings. The van der Waals surface area contributed by atoms with E-state index in [0.717, 1.165) is 28.4 Å². The number of rotatable bonds is 4. The van der Waals surface area contributed by atoms with Crippen molar-refractivity contribution in [3.05, 3.63) is 194 Å². The van der Waals surface area contributed by atoms with Crippen LogP contribution in [0.4, 0.5) is 17.1 Å². The normalized spacial score (nSPS) is 15.3. The Morgan fingerprint density at radius 1 is 0.340 bits per heavy atom. The average molecular weight is 714 g/mol. The summed E-state index contributed by atoms with van der Waals surface area (Å²) >= 11 is 6.93. The molecule has 3 heterocycles. The number of aromatic nitrogens is 2. The molecule has 53 heavy (non-hydrogen) atoms. The van der Waals surface area contributed by atoms with E-state index in [1.54, 1.807) is 0 Å². The third-order valence-electron chi connectivity index (χ3n) is 10.9. The van der Waals surface area contributed by atoms with Crippen molar-refractivity contribution >= 4 is 94.4 Å². The Morgan fingerprint density at radius 2 is 0.811 bits per heavy atom. The number of anilines is 3. The molecule has 2 aromatic heterocycles. The first-order chi connectivity index (χ1) is 26.2. The molecule has 8 aromatic carbocycles. The number of benzene rings is 8. The molecule has 1 aliphatic heterocycles. The van der Waals surface area contributed by atoms with Gasteiger partial charge in [-0.2, -0.15) is 0 Å². The Hall–Kier alpha value is -6.19. The number of hydrogen-bond donors (Lipinski definition) is 0. The molecule has 3 nitrogen and oxygen atoms in total. The summed E-state index contributed by atoms with van der Waals surface area (Å²) in [6, 6.07) is 67.9. The summed E-state index contributed by atoms with van der Waals surface area (Å²) < 4.78 is 4.83. The third kappa shape index (κ3) is 4.37. The molecule has 250 valence electrons. The fraction of sp³-hybridized carbons (Fsp3) is 0. The number of hydrogen-bond acceptors (Lipinski definition) is 2. The molecule has 0 aliphatic carbocycles. The van der Waals surface area contributed by atoms with Crippen LogP contribution in [-0.2, 0) is 11.8 Å². The Kier molecular flexibility index (Phi) is 6.70. The van der Waals surface area contributed by atoms with Gasteiger partial charge in [0.25, 0.3) is 0 Å². The number of nitrogens with zero attached hydrogens (tertiary/aromatic N) is 3. The molecule has 1 aliphatic rings. The SMILES string of the molecule is S=P1(c2ccccc2)c2ccccc2N(c2ccccc2)c2cc(-n3c4ccccc4c4cc(-n5c6ccccc6c6ccccc65)ccc43)ccc21. The molecule has 0 N–H and O–H groups in total. The summed E-state index contributed by atoms with van der Waals surface area (Å²) in [6.07, 6.45) is 0. The van der Waals surface area contributed by atoms with Crippen LogP contribution >= 0.6 is 6.04 Å². The molecule has 1 atom stereocenters. The van der Waals surface area contributed by atoms with E-state index in [-0.39, 0.29) is 0 Å². The molecule has 0 fully saturated rings. The van der Waals surface area contributed by atoms with Gasteiger partial charge in [-0.3, -0.25) is 0 Å². The average Bonchev–Trinajstić information content (AvgIpc) is 3.74. The highest BCUT2D eigenvalue weighted by molar-refractivity contribution is 8.25. The van der Waals surface area contributed by atoms with E-state index < -0.39 is 6.04 Å². The second-order valence-electron chi connectivity index (χ2n) is 13.7. The summed E-state index contributed by atoms with van der Waals surface area (Å²) in [7, 11) is 0. The summed E-state index contributed by atoms with van der Waals surface area (Å²) in [5.41, 5.74) is 10.4. The second kappa shape index (κ2) is 11.7. The van der Waals surface area contributed by atoms with Crippen LogP contribution in [0.5, 0.6) is 0 Å². The molecule has 0 radical (unpaired) electrons. The third-order valence-corrected chi connectivity index (χ3v) is 15.8. The monoisotopic (exact) mass is 713 g/mol. The van der Waals surface area contributed by atoms with Gasteiger partial charge in [0.1, 0.15) is 0 Å². The predicted molar refractivity (Wildman–Crippen MR) is 229 cm³/mol. The lowest BCUT2D eigenvalue weighted by atomic mass is 10.1. The largest absolute Gasteiger partial charge is 0.309 e. The molecule has 11 rings (SSSR count). The minimum atomic E-state index is -2.39. The molecule has 0 saturated heterocycles. The van der Waals surface area contributed by atoms with Gasteiger partial charge in [0.15, 0.2) is 0 Å². The zero-order valence-electron chi connectivity index (χ0n) is 28.7. The van der Waals surface area contributed by atoms with Crippen molar-refractivity contribution in [1.82, 2.24) is 9.13 Å². The first-order valence-electron chi connectivity index (χ1n) is 18.0. The molecule has 5 heteroatoms. The molecule has 1 unspecified atom stereocenters. The van der Waals surface area contributed by atoms with E-state index in [9.17, 15) is 0 Å². The highest BCUT2D eigenvalue weighted by Crippen LogP contribution is 2.54. The van der Waals surface area contributed by atoms with Crippen LogP contribution in [0.15, 0.2) is 194 Å². The first kappa shape index (κ1) is 30.4. The van der Waals surface area contributed by atoms with E-state index >= 15 is 0 Å². The van der Waals surface area contributed by atoms with Crippen LogP contribution in [0, 0.1) is 0 Å². The molecule has 0 spiro atoms. The van der Waals surface area contributed by atoms with Crippen molar-refractivity contribution in [3.8, 4) is 11.4 Å². The van der Waals surface area contributed by atoms with Gasteiger partial charge in [-0.05, 0) is 78.1 Å². The van der Waals surface area contributed by atoms with Crippen molar-refractivity contribution in [2.45, 2.75) is 0 Å². The lowest BCUT2D eigenvalue weighted by Crippen LogP contribution is -2.36. The predicted octanol–water partition coefficient (Wildman–Crippen LogP) is 11.4. The van der Waals surface area contributed by atoms with Crippen LogP contribution in [0.1, 0.15) is 0 Å². The van der Waals surface area contributed by atoms with Crippen LogP contribution in [0.25, 0.3) is 55.0 Å². The maximum Gasteiger partial charge on any atom is 0.0573 e. The van der Waals surface area contributed by atoms with E-state index in [1.807, 2.05) is 0 Å². The fourth-order valence-electron chi connectivity index (χ4n) is 8.63. The van der Waals surface area contributed by atoms with Crippen LogP contribution < -0.4 is 20.8 Å². The van der Waals surface area contributed by atoms with Gasteiger partial charge in [-0.25, -0.2) is 0 Å². The zero-order chi connectivity index (χ0) is 35.1. The zero-order valence-corrected chi connectivity index (χ0v) is 30.4. The minimum absolute atomic E-state index is 1.11. The van der Waals surface area contributed by atoms with Gasteiger partial charge in [-0.1, -0.05) is 133 Å². The Balaban J connectivity index is 1.17. The van der Waals surface area contributed by atoms with E-state index in [0.29, 0.717) is 0 Å². The molecule has 0 saturated carbocycles. The van der Waals surface area contributed by atoms with E-state index in [1.165, 1.54) is 59.5 Å². The maximum atomic E-state index is 6.93. The number of para-hydroxylation sites is 5. The molecular formula is C48H32N3PS. The Morgan fingerprint density at radius 3 is 1.47 bits per heavy atom. The van der Waals surface area contributed by atoms with Gasteiger partial charge < -0.3 is 14.0 Å². The molecule has 0 bridgehead atoms. The van der Waals surface area contributed by atoms with Crippen molar-refractivity contribution in [2.75, 3.05) is 4.90 Å². The van der Waals surface area contributed by atoms with E-state index in [4.69, 9.17) is 11.8 Å². The lowest BCUT2D eigenvalue weighted by Gasteiger charge is -2.40. The van der Waals surface area contributed by atoms with Gasteiger partial charge in [0.2, 0.25) is 0 Å². The van der Waals surface area contributed by atoms with Gasteiger partial charge >= 0.3 is 0 Å². The standard InChI is InChI=1S/C48H32N3PS/c53-52(36-17-5-2-6-18-36)47-26-14-13-25-45(47)49(33-15-3-1-4-16-33)46-32-35(28-30-48(46)52)51-43-24-12-9-21-39(43)40-31-34(27-29-44(40)51)50-41-22-10-7-19-37(41)38-20-8-11-23-42(38)50/h1-32H. The van der Waals surface area contributed by atoms with Crippen molar-refractivity contribution in [1.29, 1.82) is 0 Å². The van der Waals surface area contributed by atoms with Crippen LogP contribution in [-0.4, -0.2) is 9.13 Å². The van der Waals surface area contributed by atoms with Crippen molar-refractivity contribution in [3.63, 3.8) is 0 Å². The van der Waals surface area contributed by atoms with Crippen LogP contribution in [0.3, 0.4) is 0 Å². The maximum absolute atomic E-state index is 6.93. The van der Waals surface area contributed by atoms with Crippen molar-refractivity contribution in [2.24, 2.45) is 0 Å². The second-order valence-corrected chi connectivity index (χ2v) is 18.0. The minimum Gasteiger partial charge on any atom is -0.309 e. The highest BCUT2D eigenvalue weighted by atomic mass is 32.4. The Labute approximate surface area is 312 Å². The fourth-order valence-corrected chi connectivity index (χ4v) is 12.9. The summed E-state index contributed by atoms with van der Waals surface area (Å²) in [6.45, 7) is 0. The first-order valence-corrected chi connectivity index (χ1v) is 20.8.